The summed E-state index contributed by atoms with van der Waals surface area (Å²) in [5, 5.41) is 2.91. The van der Waals surface area contributed by atoms with Gasteiger partial charge in [0.15, 0.2) is 0 Å². The fourth-order valence-corrected chi connectivity index (χ4v) is 3.63. The van der Waals surface area contributed by atoms with Gasteiger partial charge in [0.2, 0.25) is 0 Å². The number of hydrogen-bond acceptors (Lipinski definition) is 3. The van der Waals surface area contributed by atoms with Gasteiger partial charge in [-0.05, 0) is 0 Å². The van der Waals surface area contributed by atoms with Crippen molar-refractivity contribution in [1.82, 2.24) is 5.32 Å². The molecule has 0 aromatic heterocycles. The number of rotatable bonds is 7. The second-order valence-electron chi connectivity index (χ2n) is 4.25. The number of nitrogens with two attached hydrogens (primary N) is 2. The fourth-order valence-electron chi connectivity index (χ4n) is 1.56. The van der Waals surface area contributed by atoms with Gasteiger partial charge in [-0.1, -0.05) is 0 Å². The number of guanidine groups is 1. The average Bonchev–Trinajstić information content (AvgIpc) is 2.44. The zero-order valence-corrected chi connectivity index (χ0v) is 15.1. The van der Waals surface area contributed by atoms with Gasteiger partial charge in [-0.3, -0.25) is 0 Å². The van der Waals surface area contributed by atoms with Gasteiger partial charge in [0.25, 0.3) is 0 Å². The predicted molar refractivity (Wildman–Crippen MR) is 79.1 cm³/mol. The van der Waals surface area contributed by atoms with Crippen LogP contribution in [0, 0.1) is 23.3 Å². The summed E-state index contributed by atoms with van der Waals surface area (Å²) in [5.74, 6) is 0.0390. The number of carbonyl (C=O) groups excluding carboxylic acids is 1. The van der Waals surface area contributed by atoms with E-state index in [2.05, 4.69) is 17.2 Å². The van der Waals surface area contributed by atoms with Gasteiger partial charge in [-0.25, -0.2) is 0 Å². The first-order valence-corrected chi connectivity index (χ1v) is 10.6. The fraction of sp³-hybridized carbons (Fsp3) is 0.385. The molecule has 0 saturated carbocycles. The third kappa shape index (κ3) is 5.67. The normalized spacial score (nSPS) is 10.1. The van der Waals surface area contributed by atoms with Gasteiger partial charge in [-0.15, -0.1) is 0 Å². The van der Waals surface area contributed by atoms with Crippen molar-refractivity contribution in [2.75, 3.05) is 6.54 Å². The molecule has 0 heterocycles. The number of benzene rings is 1. The van der Waals surface area contributed by atoms with Crippen LogP contribution in [0.1, 0.15) is 35.7 Å². The van der Waals surface area contributed by atoms with Gasteiger partial charge in [0.1, 0.15) is 0 Å². The summed E-state index contributed by atoms with van der Waals surface area (Å²) < 4.78 is 0. The van der Waals surface area contributed by atoms with Crippen molar-refractivity contribution in [3.63, 3.8) is 0 Å². The van der Waals surface area contributed by atoms with E-state index in [4.69, 9.17) is 11.5 Å². The molecular formula is C13H19AtN4OS. The molecule has 1 amide bonds. The maximum absolute atomic E-state index is 12.0. The number of nitrogens with zero attached hydrogens (tertiary/aromatic N) is 1. The van der Waals surface area contributed by atoms with Crippen LogP contribution in [0.15, 0.2) is 28.1 Å². The van der Waals surface area contributed by atoms with Crippen LogP contribution in [0.3, 0.4) is 0 Å². The molecule has 0 spiro atoms. The van der Waals surface area contributed by atoms with Crippen LogP contribution in [-0.2, 0) is 6.54 Å². The van der Waals surface area contributed by atoms with Crippen LogP contribution in [0.5, 0.6) is 0 Å². The molecule has 0 saturated heterocycles. The van der Waals surface area contributed by atoms with E-state index < -0.39 is 0 Å². The van der Waals surface area contributed by atoms with Gasteiger partial charge < -0.3 is 0 Å². The van der Waals surface area contributed by atoms with Gasteiger partial charge in [-0.2, -0.15) is 0 Å². The summed E-state index contributed by atoms with van der Waals surface area (Å²) in [5.41, 5.74) is 12.4. The van der Waals surface area contributed by atoms with E-state index in [1.165, 1.54) is 0 Å². The number of aliphatic imine (C=N–C) groups is 1. The van der Waals surface area contributed by atoms with Crippen LogP contribution in [0.4, 0.5) is 0 Å². The summed E-state index contributed by atoms with van der Waals surface area (Å²) >= 11 is 1.56. The second-order valence-corrected chi connectivity index (χ2v) is 6.64. The monoisotopic (exact) mass is 489 g/mol. The molecule has 0 aliphatic heterocycles. The molecule has 0 aliphatic carbocycles. The predicted octanol–water partition coefficient (Wildman–Crippen LogP) is 1.55. The van der Waals surface area contributed by atoms with Crippen molar-refractivity contribution in [3.05, 3.63) is 29.3 Å². The second kappa shape index (κ2) is 9.19. The molecule has 5 N–H and O–H groups in total. The van der Waals surface area contributed by atoms with E-state index >= 15 is 0 Å². The Bertz CT molecular complexity index is 489. The summed E-state index contributed by atoms with van der Waals surface area (Å²) in [7, 11) is 1.63. The molecule has 0 fully saturated rings. The first kappa shape index (κ1) is 17.2. The van der Waals surface area contributed by atoms with Crippen LogP contribution in [0.2, 0.25) is 0 Å². The standard InChI is InChI=1S/C13H19AtN4OS/c1-2-3-6-17-12(19)9-4-5-10(8-18-13(15)16)11(7-9)20-14/h4-5,7H,2-3,6,8H2,1H3,(H,17,19)(H4,15,16,18). The summed E-state index contributed by atoms with van der Waals surface area (Å²) in [6, 6.07) is 5.61. The summed E-state index contributed by atoms with van der Waals surface area (Å²) in [6.07, 6.45) is 2.06. The van der Waals surface area contributed by atoms with E-state index in [0.29, 0.717) is 18.7 Å². The van der Waals surface area contributed by atoms with Crippen molar-refractivity contribution >= 4 is 20.4 Å². The average molecular weight is 489 g/mol. The number of carbonyl (C=O) groups is 1. The SMILES string of the molecule is CCCCNC(=O)c1ccc(CN=C(N)N)c(S[At])c1. The van der Waals surface area contributed by atoms with E-state index in [0.717, 1.165) is 23.3 Å². The molecule has 1 aromatic rings. The molecule has 1 aromatic carbocycles. The molecule has 0 unspecified atom stereocenters. The minimum atomic E-state index is -0.0335. The van der Waals surface area contributed by atoms with E-state index in [9.17, 15) is 4.79 Å². The Morgan fingerprint density at radius 1 is 1.45 bits per heavy atom. The number of hydrogen-bond donors (Lipinski definition) is 3. The van der Waals surface area contributed by atoms with Gasteiger partial charge >= 0.3 is 137 Å². The maximum atomic E-state index is 12.0. The van der Waals surface area contributed by atoms with Crippen LogP contribution in [0.25, 0.3) is 0 Å². The van der Waals surface area contributed by atoms with Crippen molar-refractivity contribution in [2.45, 2.75) is 31.2 Å². The molecular weight excluding hydrogens is 470 g/mol. The van der Waals surface area contributed by atoms with E-state index in [1.807, 2.05) is 18.2 Å². The molecule has 0 bridgehead atoms. The molecule has 0 aliphatic rings. The first-order chi connectivity index (χ1) is 9.58. The van der Waals surface area contributed by atoms with Crippen LogP contribution in [-0.4, -0.2) is 18.4 Å². The molecule has 7 heteroatoms. The Balaban J connectivity index is 2.80. The third-order valence-electron chi connectivity index (χ3n) is 2.66. The molecule has 0 radical (unpaired) electrons. The zero-order chi connectivity index (χ0) is 15.0. The van der Waals surface area contributed by atoms with Crippen molar-refractivity contribution in [1.29, 1.82) is 0 Å². The Hall–Kier alpha value is -0.807. The topological polar surface area (TPSA) is 93.5 Å². The van der Waals surface area contributed by atoms with Gasteiger partial charge in [0, 0.05) is 0 Å². The van der Waals surface area contributed by atoms with Crippen molar-refractivity contribution in [3.8, 4) is 0 Å². The Kier molecular flexibility index (Phi) is 7.92. The Morgan fingerprint density at radius 3 is 2.80 bits per heavy atom. The van der Waals surface area contributed by atoms with Crippen LogP contribution >= 0.6 is 8.52 Å². The van der Waals surface area contributed by atoms with Crippen LogP contribution < -0.4 is 16.8 Å². The molecule has 5 nitrogen and oxygen atoms in total. The summed E-state index contributed by atoms with van der Waals surface area (Å²) in [6.45, 7) is 3.24. The van der Waals surface area contributed by atoms with E-state index in [-0.39, 0.29) is 11.9 Å². The molecule has 110 valence electrons. The summed E-state index contributed by atoms with van der Waals surface area (Å²) in [4.78, 5) is 17.0. The third-order valence-corrected chi connectivity index (χ3v) is 5.15. The Morgan fingerprint density at radius 2 is 2.20 bits per heavy atom. The first-order valence-electron chi connectivity index (χ1n) is 6.33. The van der Waals surface area contributed by atoms with Crippen molar-refractivity contribution < 1.29 is 28.0 Å². The minimum absolute atomic E-state index is 0.0335. The zero-order valence-electron chi connectivity index (χ0n) is 11.4. The number of nitrogens with one attached hydrogen (secondary N) is 1. The quantitative estimate of drug-likeness (QED) is 0.308. The van der Waals surface area contributed by atoms with Gasteiger partial charge in [0.05, 0.1) is 0 Å². The molecule has 20 heavy (non-hydrogen) atoms. The van der Waals surface area contributed by atoms with Crippen molar-refractivity contribution in [2.24, 2.45) is 16.5 Å². The molecule has 0 atom stereocenters. The Labute approximate surface area is 137 Å². The number of amides is 1. The molecule has 1 rings (SSSR count). The number of unbranched alkanes of at least 4 members (excludes halogenated alkanes) is 1. The van der Waals surface area contributed by atoms with E-state index in [1.54, 1.807) is 31.8 Å².